The Hall–Kier alpha value is 0.706. The summed E-state index contributed by atoms with van der Waals surface area (Å²) in [6, 6.07) is 7.74. The summed E-state index contributed by atoms with van der Waals surface area (Å²) in [5.41, 5.74) is 0.955. The minimum atomic E-state index is -0.162. The van der Waals surface area contributed by atoms with Gasteiger partial charge in [-0.1, -0.05) is 0 Å². The Bertz CT molecular complexity index is 308. The van der Waals surface area contributed by atoms with Crippen molar-refractivity contribution in [1.29, 1.82) is 0 Å². The number of benzene rings is 1. The molecule has 1 saturated heterocycles. The van der Waals surface area contributed by atoms with Gasteiger partial charge >= 0.3 is 23.1 Å². The number of nitrogens with zero attached hydrogens (tertiary/aromatic N) is 1. The standard InChI is InChI=1S/C11H13FNS.BrH.Mg/c12-11-3-1-2-10(8-11)9-13-4-6-14-7-5-13;;/h1,3,8H,4-7,9H2;1H;/q-1;;+2/p-1. The van der Waals surface area contributed by atoms with Crippen molar-refractivity contribution in [3.8, 4) is 0 Å². The molecule has 0 saturated carbocycles. The number of hydrogen-bond donors (Lipinski definition) is 0. The molecule has 16 heavy (non-hydrogen) atoms. The summed E-state index contributed by atoms with van der Waals surface area (Å²) in [7, 11) is 0. The normalized spacial score (nSPS) is 16.1. The predicted octanol–water partition coefficient (Wildman–Crippen LogP) is -1.20. The Morgan fingerprint density at radius 2 is 2.06 bits per heavy atom. The van der Waals surface area contributed by atoms with Crippen LogP contribution in [0, 0.1) is 11.9 Å². The molecule has 2 rings (SSSR count). The summed E-state index contributed by atoms with van der Waals surface area (Å²) in [5.74, 6) is 2.22. The van der Waals surface area contributed by atoms with Gasteiger partial charge in [-0.25, -0.2) is 4.39 Å². The SMILES string of the molecule is Fc1cc[c-]c(CN2CCSCC2)c1.[Br-].[Mg+2]. The fourth-order valence-corrected chi connectivity index (χ4v) is 2.55. The number of thioether (sulfide) groups is 1. The summed E-state index contributed by atoms with van der Waals surface area (Å²) in [4.78, 5) is 2.35. The average Bonchev–Trinajstić information content (AvgIpc) is 2.19. The van der Waals surface area contributed by atoms with Gasteiger partial charge in [0.25, 0.3) is 0 Å². The van der Waals surface area contributed by atoms with Crippen LogP contribution < -0.4 is 17.0 Å². The molecule has 1 aromatic carbocycles. The van der Waals surface area contributed by atoms with Crippen molar-refractivity contribution in [2.45, 2.75) is 6.54 Å². The number of rotatable bonds is 2. The molecule has 0 spiro atoms. The summed E-state index contributed by atoms with van der Waals surface area (Å²) in [6.45, 7) is 3.04. The van der Waals surface area contributed by atoms with Crippen molar-refractivity contribution in [1.82, 2.24) is 4.90 Å². The van der Waals surface area contributed by atoms with Crippen LogP contribution in [0.5, 0.6) is 0 Å². The minimum absolute atomic E-state index is 0. The van der Waals surface area contributed by atoms with Crippen molar-refractivity contribution >= 4 is 34.8 Å². The first kappa shape index (κ1) is 16.7. The molecular formula is C11H13BrFMgNS. The van der Waals surface area contributed by atoms with Crippen LogP contribution in [0.15, 0.2) is 18.2 Å². The molecule has 0 radical (unpaired) electrons. The van der Waals surface area contributed by atoms with Gasteiger partial charge in [0.15, 0.2) is 0 Å². The van der Waals surface area contributed by atoms with Crippen LogP contribution in [0.2, 0.25) is 0 Å². The van der Waals surface area contributed by atoms with Gasteiger partial charge in [-0.2, -0.15) is 23.9 Å². The third kappa shape index (κ3) is 5.36. The topological polar surface area (TPSA) is 3.24 Å². The summed E-state index contributed by atoms with van der Waals surface area (Å²) >= 11 is 1.99. The number of halogens is 2. The molecule has 1 nitrogen and oxygen atoms in total. The molecule has 0 atom stereocenters. The average molecular weight is 315 g/mol. The first-order valence-corrected chi connectivity index (χ1v) is 5.96. The zero-order valence-electron chi connectivity index (χ0n) is 9.09. The zero-order valence-corrected chi connectivity index (χ0v) is 12.9. The Labute approximate surface area is 127 Å². The van der Waals surface area contributed by atoms with Crippen LogP contribution in [-0.4, -0.2) is 52.5 Å². The quantitative estimate of drug-likeness (QED) is 0.498. The second-order valence-electron chi connectivity index (χ2n) is 3.42. The monoisotopic (exact) mass is 313 g/mol. The molecule has 1 aromatic rings. The first-order chi connectivity index (χ1) is 6.84. The molecule has 84 valence electrons. The molecule has 0 amide bonds. The molecule has 5 heteroatoms. The third-order valence-electron chi connectivity index (χ3n) is 2.32. The van der Waals surface area contributed by atoms with Crippen LogP contribution in [0.3, 0.4) is 0 Å². The van der Waals surface area contributed by atoms with Gasteiger partial charge in [-0.3, -0.25) is 4.90 Å². The molecule has 1 aliphatic rings. The largest absolute Gasteiger partial charge is 2.00 e. The Balaban J connectivity index is 0.00000112. The molecule has 1 heterocycles. The Kier molecular flexibility index (Phi) is 9.13. The van der Waals surface area contributed by atoms with E-state index in [0.29, 0.717) is 0 Å². The molecular weight excluding hydrogens is 301 g/mol. The van der Waals surface area contributed by atoms with Crippen molar-refractivity contribution in [2.75, 3.05) is 24.6 Å². The fourth-order valence-electron chi connectivity index (χ4n) is 1.58. The maximum absolute atomic E-state index is 12.9. The van der Waals surface area contributed by atoms with Gasteiger partial charge in [0.1, 0.15) is 0 Å². The van der Waals surface area contributed by atoms with E-state index >= 15 is 0 Å². The van der Waals surface area contributed by atoms with Crippen molar-refractivity contribution in [2.24, 2.45) is 0 Å². The molecule has 0 aromatic heterocycles. The molecule has 0 N–H and O–H groups in total. The smallest absolute Gasteiger partial charge is 1.00 e. The van der Waals surface area contributed by atoms with Crippen LogP contribution >= 0.6 is 11.8 Å². The van der Waals surface area contributed by atoms with Gasteiger partial charge in [0, 0.05) is 37.0 Å². The van der Waals surface area contributed by atoms with E-state index in [0.717, 1.165) is 25.2 Å². The van der Waals surface area contributed by atoms with Crippen LogP contribution in [0.1, 0.15) is 5.56 Å². The zero-order chi connectivity index (χ0) is 9.80. The molecule has 1 aliphatic heterocycles. The van der Waals surface area contributed by atoms with Crippen molar-refractivity contribution in [3.05, 3.63) is 35.6 Å². The fraction of sp³-hybridized carbons (Fsp3) is 0.455. The van der Waals surface area contributed by atoms with Gasteiger partial charge in [0.2, 0.25) is 0 Å². The Morgan fingerprint density at radius 3 is 2.69 bits per heavy atom. The van der Waals surface area contributed by atoms with E-state index < -0.39 is 0 Å². The summed E-state index contributed by atoms with van der Waals surface area (Å²) in [6.07, 6.45) is 0. The van der Waals surface area contributed by atoms with E-state index in [-0.39, 0.29) is 45.9 Å². The van der Waals surface area contributed by atoms with Crippen LogP contribution in [0.25, 0.3) is 0 Å². The third-order valence-corrected chi connectivity index (χ3v) is 3.26. The molecule has 1 fully saturated rings. The van der Waals surface area contributed by atoms with E-state index in [1.54, 1.807) is 12.1 Å². The maximum atomic E-state index is 12.9. The van der Waals surface area contributed by atoms with Crippen LogP contribution in [-0.2, 0) is 6.54 Å². The second kappa shape index (κ2) is 8.75. The van der Waals surface area contributed by atoms with Gasteiger partial charge in [-0.05, 0) is 0 Å². The van der Waals surface area contributed by atoms with E-state index in [1.165, 1.54) is 17.6 Å². The van der Waals surface area contributed by atoms with Gasteiger partial charge in [0.05, 0.1) is 0 Å². The van der Waals surface area contributed by atoms with E-state index in [4.69, 9.17) is 0 Å². The van der Waals surface area contributed by atoms with Crippen molar-refractivity contribution < 1.29 is 21.4 Å². The minimum Gasteiger partial charge on any atom is -1.00 e. The second-order valence-corrected chi connectivity index (χ2v) is 4.65. The predicted molar refractivity (Wildman–Crippen MR) is 63.6 cm³/mol. The first-order valence-electron chi connectivity index (χ1n) is 4.81. The van der Waals surface area contributed by atoms with E-state index in [9.17, 15) is 4.39 Å². The molecule has 0 aliphatic carbocycles. The van der Waals surface area contributed by atoms with E-state index in [2.05, 4.69) is 11.0 Å². The summed E-state index contributed by atoms with van der Waals surface area (Å²) < 4.78 is 12.9. The molecule has 0 bridgehead atoms. The molecule has 0 unspecified atom stereocenters. The number of hydrogen-bond acceptors (Lipinski definition) is 2. The van der Waals surface area contributed by atoms with Crippen molar-refractivity contribution in [3.63, 3.8) is 0 Å². The Morgan fingerprint density at radius 1 is 1.38 bits per heavy atom. The van der Waals surface area contributed by atoms with Gasteiger partial charge < -0.3 is 17.0 Å². The maximum Gasteiger partial charge on any atom is 2.00 e. The van der Waals surface area contributed by atoms with Crippen LogP contribution in [0.4, 0.5) is 4.39 Å². The van der Waals surface area contributed by atoms with E-state index in [1.807, 2.05) is 11.8 Å². The summed E-state index contributed by atoms with van der Waals surface area (Å²) in [5, 5.41) is 0. The van der Waals surface area contributed by atoms with Gasteiger partial charge in [-0.15, -0.1) is 17.7 Å².